The number of hydrogen-bond donors (Lipinski definition) is 2. The Bertz CT molecular complexity index is 1070. The van der Waals surface area contributed by atoms with E-state index in [0.29, 0.717) is 22.3 Å². The molecular formula is C18H14BrClN4O3S. The van der Waals surface area contributed by atoms with Gasteiger partial charge in [0.05, 0.1) is 12.1 Å². The standard InChI is InChI=1S/C18H14BrClN4O3S/c1-26-13-6-8(5-11(20)15(13)25)16-21-12-4-3-9(19)7-10(12)14-17(27-16)22-18(28-2)24-23-14/h3-7,16,21,25H,1-2H3. The van der Waals surface area contributed by atoms with Crippen LogP contribution >= 0.6 is 39.3 Å². The van der Waals surface area contributed by atoms with Gasteiger partial charge in [0.1, 0.15) is 0 Å². The van der Waals surface area contributed by atoms with E-state index in [4.69, 9.17) is 21.1 Å². The summed E-state index contributed by atoms with van der Waals surface area (Å²) in [7, 11) is 1.46. The summed E-state index contributed by atoms with van der Waals surface area (Å²) >= 11 is 11.0. The molecule has 3 aromatic rings. The molecule has 1 atom stereocenters. The monoisotopic (exact) mass is 480 g/mol. The average Bonchev–Trinajstić information content (AvgIpc) is 2.86. The first-order valence-electron chi connectivity index (χ1n) is 8.08. The highest BCUT2D eigenvalue weighted by molar-refractivity contribution is 9.10. The van der Waals surface area contributed by atoms with Crippen LogP contribution < -0.4 is 14.8 Å². The molecular weight excluding hydrogens is 468 g/mol. The number of nitrogens with zero attached hydrogens (tertiary/aromatic N) is 3. The van der Waals surface area contributed by atoms with E-state index in [1.165, 1.54) is 18.9 Å². The average molecular weight is 482 g/mol. The quantitative estimate of drug-likeness (QED) is 0.511. The van der Waals surface area contributed by atoms with Gasteiger partial charge in [0.2, 0.25) is 11.0 Å². The molecule has 0 spiro atoms. The van der Waals surface area contributed by atoms with Crippen molar-refractivity contribution in [1.29, 1.82) is 0 Å². The number of halogens is 2. The predicted molar refractivity (Wildman–Crippen MR) is 111 cm³/mol. The molecule has 1 aromatic heterocycles. The Morgan fingerprint density at radius 2 is 2.11 bits per heavy atom. The molecule has 0 amide bonds. The number of anilines is 1. The van der Waals surface area contributed by atoms with Crippen molar-refractivity contribution < 1.29 is 14.6 Å². The van der Waals surface area contributed by atoms with Crippen LogP contribution in [0.5, 0.6) is 17.4 Å². The molecule has 1 unspecified atom stereocenters. The fourth-order valence-corrected chi connectivity index (χ4v) is 3.69. The number of hydrogen-bond acceptors (Lipinski definition) is 8. The zero-order chi connectivity index (χ0) is 19.8. The van der Waals surface area contributed by atoms with Crippen LogP contribution in [0.4, 0.5) is 5.69 Å². The van der Waals surface area contributed by atoms with Gasteiger partial charge in [-0.1, -0.05) is 39.3 Å². The van der Waals surface area contributed by atoms with Gasteiger partial charge >= 0.3 is 0 Å². The lowest BCUT2D eigenvalue weighted by Crippen LogP contribution is -2.17. The molecule has 1 aliphatic heterocycles. The van der Waals surface area contributed by atoms with E-state index in [1.807, 2.05) is 24.5 Å². The van der Waals surface area contributed by atoms with Gasteiger partial charge < -0.3 is 19.9 Å². The topological polar surface area (TPSA) is 89.4 Å². The fraction of sp³-hybridized carbons (Fsp3) is 0.167. The smallest absolute Gasteiger partial charge is 0.247 e. The molecule has 28 heavy (non-hydrogen) atoms. The van der Waals surface area contributed by atoms with Gasteiger partial charge in [-0.05, 0) is 36.6 Å². The number of phenols is 1. The van der Waals surface area contributed by atoms with Gasteiger partial charge in [0.15, 0.2) is 23.4 Å². The summed E-state index contributed by atoms with van der Waals surface area (Å²) in [5.74, 6) is 0.468. The number of phenolic OH excluding ortho intramolecular Hbond substituents is 1. The van der Waals surface area contributed by atoms with Crippen LogP contribution in [0.1, 0.15) is 11.8 Å². The first-order chi connectivity index (χ1) is 13.5. The Kier molecular flexibility index (Phi) is 5.22. The third-order valence-corrected chi connectivity index (χ3v) is 5.46. The molecule has 0 saturated heterocycles. The number of aromatic nitrogens is 3. The van der Waals surface area contributed by atoms with Gasteiger partial charge in [-0.15, -0.1) is 10.2 Å². The molecule has 2 heterocycles. The number of fused-ring (bicyclic) bond motifs is 3. The van der Waals surface area contributed by atoms with Gasteiger partial charge in [0.25, 0.3) is 0 Å². The first kappa shape index (κ1) is 19.1. The van der Waals surface area contributed by atoms with Gasteiger partial charge in [-0.2, -0.15) is 4.98 Å². The number of rotatable bonds is 3. The minimum Gasteiger partial charge on any atom is -0.503 e. The summed E-state index contributed by atoms with van der Waals surface area (Å²) in [6.07, 6.45) is 1.23. The molecule has 144 valence electrons. The number of benzene rings is 2. The van der Waals surface area contributed by atoms with Crippen molar-refractivity contribution in [3.05, 3.63) is 45.4 Å². The molecule has 0 aliphatic carbocycles. The number of thioether (sulfide) groups is 1. The van der Waals surface area contributed by atoms with Crippen LogP contribution in [-0.4, -0.2) is 33.7 Å². The SMILES string of the molecule is COc1cc(C2Nc3ccc(Br)cc3-c3nnc(SC)nc3O2)cc(Cl)c1O. The Morgan fingerprint density at radius 1 is 1.29 bits per heavy atom. The van der Waals surface area contributed by atoms with E-state index in [-0.39, 0.29) is 16.5 Å². The van der Waals surface area contributed by atoms with Gasteiger partial charge in [-0.3, -0.25) is 0 Å². The van der Waals surface area contributed by atoms with Crippen LogP contribution in [0.25, 0.3) is 11.3 Å². The molecule has 10 heteroatoms. The van der Waals surface area contributed by atoms with Crippen LogP contribution in [-0.2, 0) is 0 Å². The Balaban J connectivity index is 1.88. The molecule has 0 bridgehead atoms. The van der Waals surface area contributed by atoms with Crippen molar-refractivity contribution in [3.8, 4) is 28.6 Å². The molecule has 0 fully saturated rings. The Labute approximate surface area is 178 Å². The lowest BCUT2D eigenvalue weighted by Gasteiger charge is -2.20. The zero-order valence-corrected chi connectivity index (χ0v) is 17.9. The number of methoxy groups -OCH3 is 1. The molecule has 1 aliphatic rings. The van der Waals surface area contributed by atoms with Crippen LogP contribution in [0, 0.1) is 0 Å². The zero-order valence-electron chi connectivity index (χ0n) is 14.7. The third kappa shape index (κ3) is 3.45. The predicted octanol–water partition coefficient (Wildman–Crippen LogP) is 4.89. The summed E-state index contributed by atoms with van der Waals surface area (Å²) in [5, 5.41) is 22.5. The maximum atomic E-state index is 10.0. The maximum absolute atomic E-state index is 10.0. The second kappa shape index (κ2) is 7.65. The Morgan fingerprint density at radius 3 is 2.86 bits per heavy atom. The number of ether oxygens (including phenoxy) is 2. The molecule has 2 N–H and O–H groups in total. The normalized spacial score (nSPS) is 14.9. The summed E-state index contributed by atoms with van der Waals surface area (Å²) in [5.41, 5.74) is 2.78. The second-order valence-corrected chi connectivity index (χ2v) is 7.93. The lowest BCUT2D eigenvalue weighted by molar-refractivity contribution is 0.224. The first-order valence-corrected chi connectivity index (χ1v) is 10.5. The van der Waals surface area contributed by atoms with Crippen molar-refractivity contribution in [2.75, 3.05) is 18.7 Å². The Hall–Kier alpha value is -2.23. The van der Waals surface area contributed by atoms with E-state index >= 15 is 0 Å². The van der Waals surface area contributed by atoms with E-state index in [0.717, 1.165) is 15.7 Å². The van der Waals surface area contributed by atoms with Crippen LogP contribution in [0.15, 0.2) is 40.0 Å². The van der Waals surface area contributed by atoms with Crippen molar-refractivity contribution in [2.24, 2.45) is 0 Å². The molecule has 0 saturated carbocycles. The number of aromatic hydroxyl groups is 1. The van der Waals surface area contributed by atoms with Crippen molar-refractivity contribution in [3.63, 3.8) is 0 Å². The largest absolute Gasteiger partial charge is 0.503 e. The molecule has 0 radical (unpaired) electrons. The summed E-state index contributed by atoms with van der Waals surface area (Å²) in [6.45, 7) is 0. The fourth-order valence-electron chi connectivity index (χ4n) is 2.81. The minimum absolute atomic E-state index is 0.125. The third-order valence-electron chi connectivity index (χ3n) is 4.14. The highest BCUT2D eigenvalue weighted by atomic mass is 79.9. The van der Waals surface area contributed by atoms with Gasteiger partial charge in [-0.25, -0.2) is 0 Å². The summed E-state index contributed by atoms with van der Waals surface area (Å²) in [4.78, 5) is 4.48. The van der Waals surface area contributed by atoms with E-state index in [9.17, 15) is 5.11 Å². The van der Waals surface area contributed by atoms with E-state index in [1.54, 1.807) is 12.1 Å². The lowest BCUT2D eigenvalue weighted by atomic mass is 10.1. The van der Waals surface area contributed by atoms with Gasteiger partial charge in [0, 0.05) is 21.3 Å². The van der Waals surface area contributed by atoms with Crippen molar-refractivity contribution >= 4 is 45.0 Å². The number of nitrogens with one attached hydrogen (secondary N) is 1. The second-order valence-electron chi connectivity index (χ2n) is 5.84. The summed E-state index contributed by atoms with van der Waals surface area (Å²) in [6, 6.07) is 9.02. The molecule has 4 rings (SSSR count). The van der Waals surface area contributed by atoms with Crippen molar-refractivity contribution in [1.82, 2.24) is 15.2 Å². The highest BCUT2D eigenvalue weighted by Gasteiger charge is 2.27. The molecule has 7 nitrogen and oxygen atoms in total. The van der Waals surface area contributed by atoms with Crippen molar-refractivity contribution in [2.45, 2.75) is 11.4 Å². The van der Waals surface area contributed by atoms with E-state index in [2.05, 4.69) is 36.4 Å². The summed E-state index contributed by atoms with van der Waals surface area (Å²) < 4.78 is 12.3. The maximum Gasteiger partial charge on any atom is 0.247 e. The van der Waals surface area contributed by atoms with Crippen LogP contribution in [0.2, 0.25) is 5.02 Å². The molecule has 2 aromatic carbocycles. The van der Waals surface area contributed by atoms with E-state index < -0.39 is 6.23 Å². The van der Waals surface area contributed by atoms with Crippen LogP contribution in [0.3, 0.4) is 0 Å². The minimum atomic E-state index is -0.639. The highest BCUT2D eigenvalue weighted by Crippen LogP contribution is 2.43.